The Morgan fingerprint density at radius 3 is 1.97 bits per heavy atom. The Morgan fingerprint density at radius 1 is 0.473 bits per heavy atom. The third-order valence-corrected chi connectivity index (χ3v) is 19.0. The lowest BCUT2D eigenvalue weighted by molar-refractivity contribution is 0.813. The van der Waals surface area contributed by atoms with Gasteiger partial charge in [0.2, 0.25) is 0 Å². The van der Waals surface area contributed by atoms with Crippen molar-refractivity contribution >= 4 is 99.4 Å². The van der Waals surface area contributed by atoms with Crippen molar-refractivity contribution in [1.29, 1.82) is 0 Å². The molecule has 1 spiro atoms. The highest BCUT2D eigenvalue weighted by molar-refractivity contribution is 7.30. The Hall–Kier alpha value is -8.22. The summed E-state index contributed by atoms with van der Waals surface area (Å²) in [6.07, 6.45) is 0. The van der Waals surface area contributed by atoms with Gasteiger partial charge in [-0.15, -0.1) is 22.7 Å². The summed E-state index contributed by atoms with van der Waals surface area (Å²) >= 11 is 3.90. The highest BCUT2D eigenvalue weighted by Gasteiger charge is 2.57. The van der Waals surface area contributed by atoms with E-state index < -0.39 is 12.3 Å². The molecule has 0 fully saturated rings. The van der Waals surface area contributed by atoms with Crippen LogP contribution in [-0.4, -0.2) is 6.71 Å². The summed E-state index contributed by atoms with van der Waals surface area (Å²) < 4.78 is 29.0. The van der Waals surface area contributed by atoms with Crippen molar-refractivity contribution < 1.29 is 4.11 Å². The Bertz CT molecular complexity index is 4440. The molecule has 10 aromatic carbocycles. The van der Waals surface area contributed by atoms with E-state index >= 15 is 0 Å². The fourth-order valence-electron chi connectivity index (χ4n) is 13.4. The van der Waals surface area contributed by atoms with Crippen LogP contribution in [0.15, 0.2) is 224 Å². The van der Waals surface area contributed by atoms with Crippen LogP contribution in [0.4, 0.5) is 34.1 Å². The molecule has 0 amide bonds. The van der Waals surface area contributed by atoms with Crippen molar-refractivity contribution in [2.24, 2.45) is 0 Å². The standard InChI is InChI=1S/C69H47BN2S2/c1-41(2)44-31-35-48(43-17-6-4-7-18-43)52(37-44)45-32-36-58-61(38-45)71(47-33-29-42(3)30-34-47)59-26-16-27-60-65(59)70(58)68-66(72(60)46-19-8-5-9-20-46)64-51-23-11-14-25-56(51)69(67(64)74-68)55-24-13-10-21-49(55)53-39-54-50-22-12-15-28-62(50)73-63(54)40-57(53)69/h4-41H,1-3H3/i3D3. The zero-order valence-corrected chi connectivity index (χ0v) is 42.4. The first kappa shape index (κ1) is 39.3. The minimum absolute atomic E-state index is 0.130. The smallest absolute Gasteiger partial charge is 0.264 e. The number of benzene rings is 10. The number of anilines is 6. The molecule has 2 aromatic heterocycles. The molecule has 2 nitrogen and oxygen atoms in total. The summed E-state index contributed by atoms with van der Waals surface area (Å²) in [6.45, 7) is 2.17. The second-order valence-electron chi connectivity index (χ2n) is 20.6. The summed E-state index contributed by atoms with van der Waals surface area (Å²) in [5, 5.41) is 2.62. The fourth-order valence-corrected chi connectivity index (χ4v) is 16.2. The molecule has 348 valence electrons. The van der Waals surface area contributed by atoms with Crippen LogP contribution in [0.5, 0.6) is 0 Å². The van der Waals surface area contributed by atoms with Gasteiger partial charge in [0, 0.05) is 67.9 Å². The Balaban J connectivity index is 1.00. The lowest BCUT2D eigenvalue weighted by Crippen LogP contribution is -2.60. The van der Waals surface area contributed by atoms with Crippen LogP contribution < -0.4 is 25.5 Å². The minimum Gasteiger partial charge on any atom is -0.311 e. The van der Waals surface area contributed by atoms with Gasteiger partial charge in [0.25, 0.3) is 6.71 Å². The molecule has 2 aliphatic carbocycles. The molecular formula is C69H47BN2S2. The monoisotopic (exact) mass is 981 g/mol. The van der Waals surface area contributed by atoms with Gasteiger partial charge in [-0.3, -0.25) is 0 Å². The van der Waals surface area contributed by atoms with Crippen molar-refractivity contribution in [3.8, 4) is 44.5 Å². The van der Waals surface area contributed by atoms with E-state index in [4.69, 9.17) is 4.11 Å². The molecule has 0 N–H and O–H groups in total. The van der Waals surface area contributed by atoms with Gasteiger partial charge in [0.1, 0.15) is 0 Å². The van der Waals surface area contributed by atoms with Crippen LogP contribution in [0.3, 0.4) is 0 Å². The molecule has 12 aromatic rings. The second-order valence-corrected chi connectivity index (χ2v) is 22.8. The number of para-hydroxylation sites is 1. The van der Waals surface area contributed by atoms with Crippen molar-refractivity contribution in [2.75, 3.05) is 9.80 Å². The van der Waals surface area contributed by atoms with Crippen LogP contribution in [-0.2, 0) is 5.41 Å². The summed E-state index contributed by atoms with van der Waals surface area (Å²) in [5.74, 6) is 0.340. The van der Waals surface area contributed by atoms with E-state index in [0.717, 1.165) is 34.0 Å². The fraction of sp³-hybridized carbons (Fsp3) is 0.0725. The first-order chi connectivity index (χ1) is 37.7. The normalized spacial score (nSPS) is 16.1. The van der Waals surface area contributed by atoms with E-state index in [0.29, 0.717) is 11.5 Å². The minimum atomic E-state index is -2.23. The molecule has 0 radical (unpaired) electrons. The molecular weight excluding hydrogens is 932 g/mol. The number of hydrogen-bond donors (Lipinski definition) is 0. The van der Waals surface area contributed by atoms with Crippen molar-refractivity contribution in [1.82, 2.24) is 0 Å². The second kappa shape index (κ2) is 15.6. The third kappa shape index (κ3) is 5.66. The highest BCUT2D eigenvalue weighted by atomic mass is 32.1. The van der Waals surface area contributed by atoms with E-state index in [9.17, 15) is 0 Å². The molecule has 1 atom stereocenters. The zero-order chi connectivity index (χ0) is 51.5. The lowest BCUT2D eigenvalue weighted by Gasteiger charge is -2.43. The average Bonchev–Trinajstić information content (AvgIpc) is 2.41. The number of hydrogen-bond acceptors (Lipinski definition) is 4. The van der Waals surface area contributed by atoms with Crippen LogP contribution in [0.25, 0.3) is 64.7 Å². The topological polar surface area (TPSA) is 6.48 Å². The molecule has 16 rings (SSSR count). The molecule has 74 heavy (non-hydrogen) atoms. The molecule has 4 heterocycles. The maximum Gasteiger partial charge on any atom is 0.264 e. The summed E-state index contributed by atoms with van der Waals surface area (Å²) in [4.78, 5) is 6.33. The summed E-state index contributed by atoms with van der Waals surface area (Å²) in [5.41, 5.74) is 23.9. The van der Waals surface area contributed by atoms with Crippen molar-refractivity contribution in [2.45, 2.75) is 32.0 Å². The predicted molar refractivity (Wildman–Crippen MR) is 317 cm³/mol. The number of nitrogens with zero attached hydrogens (tertiary/aromatic N) is 2. The maximum absolute atomic E-state index is 8.34. The molecule has 5 heteroatoms. The first-order valence-corrected chi connectivity index (χ1v) is 27.4. The maximum atomic E-state index is 8.34. The Labute approximate surface area is 444 Å². The van der Waals surface area contributed by atoms with Gasteiger partial charge in [0.05, 0.1) is 11.1 Å². The van der Waals surface area contributed by atoms with Crippen LogP contribution in [0.2, 0.25) is 0 Å². The van der Waals surface area contributed by atoms with E-state index in [1.54, 1.807) is 12.1 Å². The molecule has 0 saturated carbocycles. The summed E-state index contributed by atoms with van der Waals surface area (Å²) in [6, 6.07) is 82.6. The van der Waals surface area contributed by atoms with Crippen molar-refractivity contribution in [3.63, 3.8) is 0 Å². The van der Waals surface area contributed by atoms with Crippen LogP contribution in [0, 0.1) is 6.85 Å². The van der Waals surface area contributed by atoms with Gasteiger partial charge in [-0.2, -0.15) is 0 Å². The van der Waals surface area contributed by atoms with Crippen LogP contribution in [0.1, 0.15) is 56.6 Å². The zero-order valence-electron chi connectivity index (χ0n) is 43.7. The SMILES string of the molecule is [2H]C([2H])([2H])c1ccc(N2c3cc(-c4cc(C(C)C)ccc4-c4ccccc4)ccc3B3c4sc5c(c4N(c4ccccc4)c4cccc2c43)-c2ccccc2C52c3ccccc3-c3cc4c(cc32)sc2ccccc24)cc1. The molecule has 2 aliphatic heterocycles. The quantitative estimate of drug-likeness (QED) is 0.159. The van der Waals surface area contributed by atoms with E-state index in [2.05, 4.69) is 224 Å². The number of aryl methyl sites for hydroxylation is 1. The van der Waals surface area contributed by atoms with Crippen LogP contribution >= 0.6 is 22.7 Å². The van der Waals surface area contributed by atoms with Gasteiger partial charge in [-0.05, 0) is 146 Å². The molecule has 1 unspecified atom stereocenters. The summed E-state index contributed by atoms with van der Waals surface area (Å²) in [7, 11) is 0. The average molecular weight is 982 g/mol. The predicted octanol–water partition coefficient (Wildman–Crippen LogP) is 17.3. The number of rotatable bonds is 5. The van der Waals surface area contributed by atoms with Gasteiger partial charge in [-0.1, -0.05) is 183 Å². The molecule has 4 aliphatic rings. The number of fused-ring (bicyclic) bond motifs is 18. The highest BCUT2D eigenvalue weighted by Crippen LogP contribution is 2.67. The largest absolute Gasteiger partial charge is 0.311 e. The Morgan fingerprint density at radius 2 is 1.18 bits per heavy atom. The van der Waals surface area contributed by atoms with E-state index in [-0.39, 0.29) is 6.71 Å². The van der Waals surface area contributed by atoms with Crippen molar-refractivity contribution in [3.05, 3.63) is 257 Å². The lowest BCUT2D eigenvalue weighted by atomic mass is 9.36. The van der Waals surface area contributed by atoms with Gasteiger partial charge >= 0.3 is 0 Å². The van der Waals surface area contributed by atoms with Gasteiger partial charge in [-0.25, -0.2) is 0 Å². The molecule has 0 saturated heterocycles. The van der Waals surface area contributed by atoms with Gasteiger partial charge < -0.3 is 9.80 Å². The van der Waals surface area contributed by atoms with Gasteiger partial charge in [0.15, 0.2) is 0 Å². The molecule has 0 bridgehead atoms. The van der Waals surface area contributed by atoms with E-state index in [1.807, 2.05) is 34.8 Å². The third-order valence-electron chi connectivity index (χ3n) is 16.5. The number of thiophene rings is 2. The van der Waals surface area contributed by atoms with E-state index in [1.165, 1.54) is 108 Å². The Kier molecular flexibility index (Phi) is 8.32. The first-order valence-electron chi connectivity index (χ1n) is 27.2.